The number of carbonyl (C=O) groups excluding carboxylic acids is 1. The van der Waals surface area contributed by atoms with Crippen LogP contribution in [-0.4, -0.2) is 12.5 Å². The van der Waals surface area contributed by atoms with Gasteiger partial charge in [0.1, 0.15) is 5.75 Å². The maximum absolute atomic E-state index is 12.0. The zero-order valence-electron chi connectivity index (χ0n) is 10.2. The predicted molar refractivity (Wildman–Crippen MR) is 68.2 cm³/mol. The average molecular weight is 233 g/mol. The zero-order chi connectivity index (χ0) is 12.1. The van der Waals surface area contributed by atoms with Crippen LogP contribution in [0.3, 0.4) is 0 Å². The Bertz CT molecular complexity index is 384. The van der Waals surface area contributed by atoms with Crippen molar-refractivity contribution >= 4 is 11.6 Å². The van der Waals surface area contributed by atoms with Crippen molar-refractivity contribution in [2.45, 2.75) is 32.6 Å². The Morgan fingerprint density at radius 3 is 2.76 bits per heavy atom. The first kappa shape index (κ1) is 12.0. The van der Waals surface area contributed by atoms with E-state index in [1.165, 1.54) is 12.8 Å². The van der Waals surface area contributed by atoms with Gasteiger partial charge >= 0.3 is 0 Å². The summed E-state index contributed by atoms with van der Waals surface area (Å²) in [5.41, 5.74) is 0.784. The predicted octanol–water partition coefficient (Wildman–Crippen LogP) is 3.21. The van der Waals surface area contributed by atoms with E-state index in [-0.39, 0.29) is 11.8 Å². The molecule has 92 valence electrons. The van der Waals surface area contributed by atoms with Gasteiger partial charge in [-0.3, -0.25) is 4.79 Å². The Kier molecular flexibility index (Phi) is 4.02. The van der Waals surface area contributed by atoms with Gasteiger partial charge in [0.05, 0.1) is 12.3 Å². The van der Waals surface area contributed by atoms with Crippen molar-refractivity contribution in [2.24, 2.45) is 5.92 Å². The lowest BCUT2D eigenvalue weighted by Gasteiger charge is -2.13. The molecule has 0 bridgehead atoms. The third-order valence-corrected chi connectivity index (χ3v) is 3.17. The molecule has 1 aromatic rings. The molecule has 3 heteroatoms. The fourth-order valence-corrected chi connectivity index (χ4v) is 2.27. The fourth-order valence-electron chi connectivity index (χ4n) is 2.27. The number of para-hydroxylation sites is 2. The van der Waals surface area contributed by atoms with Crippen LogP contribution in [0.15, 0.2) is 24.3 Å². The highest BCUT2D eigenvalue weighted by Crippen LogP contribution is 2.28. The Morgan fingerprint density at radius 2 is 2.06 bits per heavy atom. The summed E-state index contributed by atoms with van der Waals surface area (Å²) >= 11 is 0. The average Bonchev–Trinajstić information content (AvgIpc) is 2.85. The maximum Gasteiger partial charge on any atom is 0.227 e. The number of amides is 1. The van der Waals surface area contributed by atoms with Gasteiger partial charge in [-0.15, -0.1) is 0 Å². The summed E-state index contributed by atoms with van der Waals surface area (Å²) in [6.45, 7) is 2.55. The minimum atomic E-state index is 0.134. The second kappa shape index (κ2) is 5.71. The molecule has 3 nitrogen and oxygen atoms in total. The van der Waals surface area contributed by atoms with Gasteiger partial charge in [-0.2, -0.15) is 0 Å². The van der Waals surface area contributed by atoms with Gasteiger partial charge in [0, 0.05) is 5.92 Å². The molecule has 1 N–H and O–H groups in total. The number of anilines is 1. The van der Waals surface area contributed by atoms with E-state index in [1.807, 2.05) is 31.2 Å². The first-order chi connectivity index (χ1) is 8.31. The van der Waals surface area contributed by atoms with Gasteiger partial charge in [0.2, 0.25) is 5.91 Å². The van der Waals surface area contributed by atoms with E-state index in [1.54, 1.807) is 0 Å². The van der Waals surface area contributed by atoms with Gasteiger partial charge in [-0.25, -0.2) is 0 Å². The van der Waals surface area contributed by atoms with Crippen molar-refractivity contribution in [1.82, 2.24) is 0 Å². The number of ether oxygens (including phenoxy) is 1. The van der Waals surface area contributed by atoms with E-state index in [0.717, 1.165) is 24.3 Å². The molecule has 0 unspecified atom stereocenters. The third-order valence-electron chi connectivity index (χ3n) is 3.17. The molecule has 0 aromatic heterocycles. The highest BCUT2D eigenvalue weighted by atomic mass is 16.5. The lowest BCUT2D eigenvalue weighted by molar-refractivity contribution is -0.119. The van der Waals surface area contributed by atoms with E-state index in [0.29, 0.717) is 6.61 Å². The maximum atomic E-state index is 12.0. The summed E-state index contributed by atoms with van der Waals surface area (Å²) < 4.78 is 5.49. The molecule has 17 heavy (non-hydrogen) atoms. The van der Waals surface area contributed by atoms with Crippen LogP contribution in [0, 0.1) is 5.92 Å². The highest BCUT2D eigenvalue weighted by Gasteiger charge is 2.23. The van der Waals surface area contributed by atoms with E-state index in [4.69, 9.17) is 4.74 Å². The van der Waals surface area contributed by atoms with Crippen molar-refractivity contribution in [3.8, 4) is 5.75 Å². The van der Waals surface area contributed by atoms with Crippen LogP contribution in [-0.2, 0) is 4.79 Å². The third kappa shape index (κ3) is 2.99. The van der Waals surface area contributed by atoms with E-state index in [9.17, 15) is 4.79 Å². The van der Waals surface area contributed by atoms with Crippen molar-refractivity contribution in [3.05, 3.63) is 24.3 Å². The first-order valence-electron chi connectivity index (χ1n) is 6.34. The smallest absolute Gasteiger partial charge is 0.227 e. The van der Waals surface area contributed by atoms with Crippen LogP contribution in [0.1, 0.15) is 32.6 Å². The second-order valence-electron chi connectivity index (χ2n) is 4.40. The molecule has 1 fully saturated rings. The summed E-state index contributed by atoms with van der Waals surface area (Å²) in [6, 6.07) is 7.59. The monoisotopic (exact) mass is 233 g/mol. The molecular formula is C14H19NO2. The Labute approximate surface area is 102 Å². The zero-order valence-corrected chi connectivity index (χ0v) is 10.2. The second-order valence-corrected chi connectivity index (χ2v) is 4.40. The number of hydrogen-bond acceptors (Lipinski definition) is 2. The van der Waals surface area contributed by atoms with Crippen LogP contribution in [0.4, 0.5) is 5.69 Å². The molecule has 2 rings (SSSR count). The first-order valence-corrected chi connectivity index (χ1v) is 6.34. The highest BCUT2D eigenvalue weighted by molar-refractivity contribution is 5.94. The molecule has 1 saturated carbocycles. The molecule has 0 atom stereocenters. The van der Waals surface area contributed by atoms with E-state index in [2.05, 4.69) is 5.32 Å². The summed E-state index contributed by atoms with van der Waals surface area (Å²) in [4.78, 5) is 12.0. The molecule has 0 saturated heterocycles. The van der Waals surface area contributed by atoms with Gasteiger partial charge in [-0.1, -0.05) is 25.0 Å². The SMILES string of the molecule is CCOc1ccccc1NC(=O)C1CCCC1. The minimum absolute atomic E-state index is 0.134. The topological polar surface area (TPSA) is 38.3 Å². The lowest BCUT2D eigenvalue weighted by Crippen LogP contribution is -2.20. The normalized spacial score (nSPS) is 15.8. The Balaban J connectivity index is 2.04. The summed E-state index contributed by atoms with van der Waals surface area (Å²) in [7, 11) is 0. The minimum Gasteiger partial charge on any atom is -0.492 e. The summed E-state index contributed by atoms with van der Waals surface area (Å²) in [5.74, 6) is 1.07. The quantitative estimate of drug-likeness (QED) is 0.867. The van der Waals surface area contributed by atoms with Crippen molar-refractivity contribution in [3.63, 3.8) is 0 Å². The van der Waals surface area contributed by atoms with Crippen molar-refractivity contribution in [2.75, 3.05) is 11.9 Å². The van der Waals surface area contributed by atoms with Crippen LogP contribution in [0.2, 0.25) is 0 Å². The summed E-state index contributed by atoms with van der Waals surface area (Å²) in [6.07, 6.45) is 4.38. The van der Waals surface area contributed by atoms with Crippen LogP contribution < -0.4 is 10.1 Å². The van der Waals surface area contributed by atoms with E-state index < -0.39 is 0 Å². The standard InChI is InChI=1S/C14H19NO2/c1-2-17-13-10-6-5-9-12(13)15-14(16)11-7-3-4-8-11/h5-6,9-11H,2-4,7-8H2,1H3,(H,15,16). The molecule has 0 radical (unpaired) electrons. The lowest BCUT2D eigenvalue weighted by atomic mass is 10.1. The Morgan fingerprint density at radius 1 is 1.35 bits per heavy atom. The fraction of sp³-hybridized carbons (Fsp3) is 0.500. The molecule has 1 aliphatic rings. The number of benzene rings is 1. The largest absolute Gasteiger partial charge is 0.492 e. The van der Waals surface area contributed by atoms with Crippen LogP contribution >= 0.6 is 0 Å². The van der Waals surface area contributed by atoms with Crippen LogP contribution in [0.25, 0.3) is 0 Å². The molecule has 0 spiro atoms. The number of carbonyl (C=O) groups is 1. The molecule has 0 aliphatic heterocycles. The Hall–Kier alpha value is -1.51. The molecule has 1 aromatic carbocycles. The van der Waals surface area contributed by atoms with Crippen molar-refractivity contribution < 1.29 is 9.53 Å². The van der Waals surface area contributed by atoms with Gasteiger partial charge in [0.15, 0.2) is 0 Å². The van der Waals surface area contributed by atoms with Crippen molar-refractivity contribution in [1.29, 1.82) is 0 Å². The van der Waals surface area contributed by atoms with Gasteiger partial charge in [-0.05, 0) is 31.9 Å². The number of nitrogens with one attached hydrogen (secondary N) is 1. The number of rotatable bonds is 4. The number of hydrogen-bond donors (Lipinski definition) is 1. The molecule has 0 heterocycles. The van der Waals surface area contributed by atoms with Gasteiger partial charge in [0.25, 0.3) is 0 Å². The summed E-state index contributed by atoms with van der Waals surface area (Å²) in [5, 5.41) is 2.97. The molecular weight excluding hydrogens is 214 g/mol. The van der Waals surface area contributed by atoms with E-state index >= 15 is 0 Å². The molecule has 1 aliphatic carbocycles. The van der Waals surface area contributed by atoms with Gasteiger partial charge < -0.3 is 10.1 Å². The van der Waals surface area contributed by atoms with Crippen LogP contribution in [0.5, 0.6) is 5.75 Å². The molecule has 1 amide bonds.